The molecular formula is C13H25N3O2. The summed E-state index contributed by atoms with van der Waals surface area (Å²) in [6, 6.07) is 0. The number of hydrogen-bond donors (Lipinski definition) is 2. The van der Waals surface area contributed by atoms with E-state index in [0.717, 1.165) is 38.9 Å². The third-order valence-electron chi connectivity index (χ3n) is 3.25. The highest BCUT2D eigenvalue weighted by atomic mass is 16.2. The van der Waals surface area contributed by atoms with Gasteiger partial charge in [-0.3, -0.25) is 14.5 Å². The van der Waals surface area contributed by atoms with Gasteiger partial charge in [0, 0.05) is 19.0 Å². The van der Waals surface area contributed by atoms with Gasteiger partial charge in [0.25, 0.3) is 0 Å². The van der Waals surface area contributed by atoms with Crippen molar-refractivity contribution in [3.8, 4) is 0 Å². The van der Waals surface area contributed by atoms with Gasteiger partial charge in [-0.25, -0.2) is 0 Å². The van der Waals surface area contributed by atoms with Gasteiger partial charge < -0.3 is 10.6 Å². The van der Waals surface area contributed by atoms with E-state index >= 15 is 0 Å². The van der Waals surface area contributed by atoms with Crippen molar-refractivity contribution in [3.63, 3.8) is 0 Å². The Bertz CT molecular complexity index is 273. The van der Waals surface area contributed by atoms with Gasteiger partial charge in [0.15, 0.2) is 0 Å². The molecule has 104 valence electrons. The molecular weight excluding hydrogens is 230 g/mol. The summed E-state index contributed by atoms with van der Waals surface area (Å²) in [7, 11) is 0. The van der Waals surface area contributed by atoms with E-state index in [4.69, 9.17) is 0 Å². The average Bonchev–Trinajstić information content (AvgIpc) is 2.37. The molecule has 0 aromatic carbocycles. The van der Waals surface area contributed by atoms with Crippen molar-refractivity contribution in [2.45, 2.75) is 33.1 Å². The zero-order valence-corrected chi connectivity index (χ0v) is 11.5. The molecule has 1 rings (SSSR count). The second kappa shape index (κ2) is 8.08. The second-order valence-corrected chi connectivity index (χ2v) is 4.79. The number of carbonyl (C=O) groups is 2. The van der Waals surface area contributed by atoms with Crippen LogP contribution >= 0.6 is 0 Å². The number of hydrogen-bond acceptors (Lipinski definition) is 3. The summed E-state index contributed by atoms with van der Waals surface area (Å²) in [5.41, 5.74) is 0. The lowest BCUT2D eigenvalue weighted by Crippen LogP contribution is -2.44. The number of rotatable bonds is 6. The molecule has 1 saturated heterocycles. The first kappa shape index (κ1) is 15.0. The van der Waals surface area contributed by atoms with Gasteiger partial charge in [-0.1, -0.05) is 6.92 Å². The fourth-order valence-corrected chi connectivity index (χ4v) is 2.20. The maximum atomic E-state index is 11.8. The van der Waals surface area contributed by atoms with Crippen LogP contribution in [0.4, 0.5) is 0 Å². The molecule has 0 radical (unpaired) electrons. The van der Waals surface area contributed by atoms with Crippen LogP contribution in [0.25, 0.3) is 0 Å². The summed E-state index contributed by atoms with van der Waals surface area (Å²) in [6.07, 6.45) is 2.69. The van der Waals surface area contributed by atoms with Crippen molar-refractivity contribution >= 4 is 11.8 Å². The summed E-state index contributed by atoms with van der Waals surface area (Å²) >= 11 is 0. The van der Waals surface area contributed by atoms with Crippen molar-refractivity contribution in [2.24, 2.45) is 5.92 Å². The Balaban J connectivity index is 2.23. The molecule has 0 aromatic rings. The lowest BCUT2D eigenvalue weighted by Gasteiger charge is -2.30. The minimum atomic E-state index is 0.0754. The first-order valence-electron chi connectivity index (χ1n) is 6.94. The summed E-state index contributed by atoms with van der Waals surface area (Å²) in [4.78, 5) is 25.3. The number of likely N-dealkylation sites (N-methyl/N-ethyl adjacent to an activating group) is 1. The van der Waals surface area contributed by atoms with Crippen LogP contribution in [0.3, 0.4) is 0 Å². The predicted molar refractivity (Wildman–Crippen MR) is 71.1 cm³/mol. The van der Waals surface area contributed by atoms with E-state index in [2.05, 4.69) is 22.5 Å². The van der Waals surface area contributed by atoms with Gasteiger partial charge in [-0.15, -0.1) is 0 Å². The second-order valence-electron chi connectivity index (χ2n) is 4.79. The normalized spacial score (nSPS) is 17.4. The first-order chi connectivity index (χ1) is 8.67. The standard InChI is InChI=1S/C13H25N3O2/c1-3-7-15-13(18)11-5-8-16(9-6-11)10-12(17)14-4-2/h11H,3-10H2,1-2H3,(H,14,17)(H,15,18). The molecule has 0 bridgehead atoms. The van der Waals surface area contributed by atoms with Crippen molar-refractivity contribution in [1.82, 2.24) is 15.5 Å². The number of nitrogens with zero attached hydrogens (tertiary/aromatic N) is 1. The third kappa shape index (κ3) is 5.04. The fourth-order valence-electron chi connectivity index (χ4n) is 2.20. The summed E-state index contributed by atoms with van der Waals surface area (Å²) in [6.45, 7) is 7.53. The highest BCUT2D eigenvalue weighted by Crippen LogP contribution is 2.16. The minimum Gasteiger partial charge on any atom is -0.356 e. The maximum absolute atomic E-state index is 11.8. The summed E-state index contributed by atoms with van der Waals surface area (Å²) in [5.74, 6) is 0.378. The lowest BCUT2D eigenvalue weighted by atomic mass is 9.96. The van der Waals surface area contributed by atoms with Crippen LogP contribution in [0.1, 0.15) is 33.1 Å². The lowest BCUT2D eigenvalue weighted by molar-refractivity contribution is -0.126. The molecule has 0 atom stereocenters. The van der Waals surface area contributed by atoms with Crippen LogP contribution in [0.5, 0.6) is 0 Å². The quantitative estimate of drug-likeness (QED) is 0.720. The van der Waals surface area contributed by atoms with Crippen molar-refractivity contribution in [3.05, 3.63) is 0 Å². The van der Waals surface area contributed by atoms with E-state index in [-0.39, 0.29) is 17.7 Å². The number of piperidine rings is 1. The number of amides is 2. The molecule has 0 aliphatic carbocycles. The molecule has 0 unspecified atom stereocenters. The van der Waals surface area contributed by atoms with E-state index in [1.54, 1.807) is 0 Å². The van der Waals surface area contributed by atoms with Crippen LogP contribution in [0.2, 0.25) is 0 Å². The smallest absolute Gasteiger partial charge is 0.234 e. The van der Waals surface area contributed by atoms with Crippen LogP contribution in [-0.2, 0) is 9.59 Å². The Hall–Kier alpha value is -1.10. The Morgan fingerprint density at radius 2 is 1.83 bits per heavy atom. The highest BCUT2D eigenvalue weighted by molar-refractivity contribution is 5.79. The van der Waals surface area contributed by atoms with Gasteiger partial charge in [-0.2, -0.15) is 0 Å². The number of carbonyl (C=O) groups excluding carboxylic acids is 2. The minimum absolute atomic E-state index is 0.0754. The topological polar surface area (TPSA) is 61.4 Å². The van der Waals surface area contributed by atoms with Crippen molar-refractivity contribution in [1.29, 1.82) is 0 Å². The third-order valence-corrected chi connectivity index (χ3v) is 3.25. The van der Waals surface area contributed by atoms with Crippen LogP contribution in [-0.4, -0.2) is 49.4 Å². The number of nitrogens with one attached hydrogen (secondary N) is 2. The van der Waals surface area contributed by atoms with E-state index in [1.807, 2.05) is 6.92 Å². The largest absolute Gasteiger partial charge is 0.356 e. The fraction of sp³-hybridized carbons (Fsp3) is 0.846. The van der Waals surface area contributed by atoms with Gasteiger partial charge in [0.05, 0.1) is 6.54 Å². The highest BCUT2D eigenvalue weighted by Gasteiger charge is 2.25. The van der Waals surface area contributed by atoms with E-state index < -0.39 is 0 Å². The molecule has 0 aromatic heterocycles. The Kier molecular flexibility index (Phi) is 6.72. The number of likely N-dealkylation sites (tertiary alicyclic amines) is 1. The van der Waals surface area contributed by atoms with E-state index in [1.165, 1.54) is 0 Å². The molecule has 1 aliphatic rings. The molecule has 18 heavy (non-hydrogen) atoms. The van der Waals surface area contributed by atoms with Crippen LogP contribution in [0.15, 0.2) is 0 Å². The van der Waals surface area contributed by atoms with E-state index in [0.29, 0.717) is 13.1 Å². The van der Waals surface area contributed by atoms with Gasteiger partial charge in [0.2, 0.25) is 11.8 Å². The van der Waals surface area contributed by atoms with Gasteiger partial charge in [-0.05, 0) is 39.3 Å². The average molecular weight is 255 g/mol. The maximum Gasteiger partial charge on any atom is 0.234 e. The molecule has 5 nitrogen and oxygen atoms in total. The Labute approximate surface area is 109 Å². The van der Waals surface area contributed by atoms with Crippen molar-refractivity contribution in [2.75, 3.05) is 32.7 Å². The van der Waals surface area contributed by atoms with E-state index in [9.17, 15) is 9.59 Å². The monoisotopic (exact) mass is 255 g/mol. The molecule has 0 saturated carbocycles. The zero-order valence-electron chi connectivity index (χ0n) is 11.5. The first-order valence-corrected chi connectivity index (χ1v) is 6.94. The molecule has 2 N–H and O–H groups in total. The zero-order chi connectivity index (χ0) is 13.4. The summed E-state index contributed by atoms with van der Waals surface area (Å²) < 4.78 is 0. The molecule has 5 heteroatoms. The van der Waals surface area contributed by atoms with Crippen molar-refractivity contribution < 1.29 is 9.59 Å². The van der Waals surface area contributed by atoms with Crippen LogP contribution in [0, 0.1) is 5.92 Å². The van der Waals surface area contributed by atoms with Gasteiger partial charge in [0.1, 0.15) is 0 Å². The van der Waals surface area contributed by atoms with Gasteiger partial charge >= 0.3 is 0 Å². The summed E-state index contributed by atoms with van der Waals surface area (Å²) in [5, 5.41) is 5.74. The van der Waals surface area contributed by atoms with Crippen LogP contribution < -0.4 is 10.6 Å². The Morgan fingerprint density at radius 3 is 2.39 bits per heavy atom. The molecule has 1 fully saturated rings. The predicted octanol–water partition coefficient (Wildman–Crippen LogP) is 0.361. The molecule has 0 spiro atoms. The SMILES string of the molecule is CCCNC(=O)C1CCN(CC(=O)NCC)CC1. The Morgan fingerprint density at radius 1 is 1.17 bits per heavy atom. The molecule has 2 amide bonds. The molecule has 1 aliphatic heterocycles. The molecule has 1 heterocycles.